The Morgan fingerprint density at radius 1 is 0.686 bits per heavy atom. The van der Waals surface area contributed by atoms with Crippen LogP contribution in [0.4, 0.5) is 8.78 Å². The molecule has 2 aliphatic carbocycles. The molecule has 35 heavy (non-hydrogen) atoms. The van der Waals surface area contributed by atoms with E-state index in [2.05, 4.69) is 15.1 Å². The first-order chi connectivity index (χ1) is 17.1. The number of aryl methyl sites for hydroxylation is 2. The van der Waals surface area contributed by atoms with Gasteiger partial charge in [0.05, 0.1) is 0 Å². The molecule has 1 N–H and O–H groups in total. The van der Waals surface area contributed by atoms with Crippen LogP contribution in [0, 0.1) is 11.6 Å². The average molecular weight is 469 g/mol. The predicted molar refractivity (Wildman–Crippen MR) is 127 cm³/mol. The van der Waals surface area contributed by atoms with Gasteiger partial charge in [0.1, 0.15) is 17.3 Å². The molecule has 4 aromatic rings. The van der Waals surface area contributed by atoms with Crippen LogP contribution in [0.5, 0.6) is 0 Å². The smallest absolute Gasteiger partial charge is 0.195 e. The van der Waals surface area contributed by atoms with Crippen LogP contribution in [-0.2, 0) is 25.7 Å². The van der Waals surface area contributed by atoms with Crippen LogP contribution in [0.2, 0.25) is 0 Å². The third kappa shape index (κ3) is 4.21. The minimum atomic E-state index is -0.295. The molecule has 2 aromatic heterocycles. The number of hydrogen-bond donors (Lipinski definition) is 1. The first kappa shape index (κ1) is 22.5. The highest BCUT2D eigenvalue weighted by Crippen LogP contribution is 2.27. The van der Waals surface area contributed by atoms with E-state index in [0.717, 1.165) is 16.7 Å². The number of aromatic nitrogens is 2. The number of carbonyl (C=O) groups is 1. The summed E-state index contributed by atoms with van der Waals surface area (Å²) in [6.45, 7) is 0. The van der Waals surface area contributed by atoms with Gasteiger partial charge in [-0.15, -0.1) is 0 Å². The van der Waals surface area contributed by atoms with Crippen LogP contribution < -0.4 is 0 Å². The fourth-order valence-corrected chi connectivity index (χ4v) is 4.68. The van der Waals surface area contributed by atoms with Crippen LogP contribution >= 0.6 is 0 Å². The number of nitrogens with zero attached hydrogens (tertiary/aromatic N) is 3. The van der Waals surface area contributed by atoms with Gasteiger partial charge >= 0.3 is 0 Å². The molecule has 2 aromatic carbocycles. The zero-order chi connectivity index (χ0) is 24.4. The molecular formula is C28H21F2N3O2. The zero-order valence-corrected chi connectivity index (χ0v) is 18.7. The number of halogens is 2. The third-order valence-electron chi connectivity index (χ3n) is 6.45. The van der Waals surface area contributed by atoms with E-state index in [-0.39, 0.29) is 17.4 Å². The normalized spacial score (nSPS) is 14.9. The van der Waals surface area contributed by atoms with E-state index < -0.39 is 0 Å². The van der Waals surface area contributed by atoms with E-state index in [9.17, 15) is 18.8 Å². The van der Waals surface area contributed by atoms with E-state index in [4.69, 9.17) is 0 Å². The standard InChI is InChI=1S/C14H11FN2O.C14H10FNO/c15-13-3-1-2-11-10(13)5-4-9-6-7-16-8-12(9)14(11)17-18;15-13-3-1-2-11-10(13)5-4-9-6-7-16-8-12(9)14(11)17/h1-3,6-8,18H,4-5H2;1-3,6-8H,4-5H2. The molecule has 0 aliphatic heterocycles. The lowest BCUT2D eigenvalue weighted by molar-refractivity contribution is 0.103. The maximum absolute atomic E-state index is 13.8. The summed E-state index contributed by atoms with van der Waals surface area (Å²) in [7, 11) is 0. The molecule has 2 heterocycles. The van der Waals surface area contributed by atoms with Gasteiger partial charge in [-0.05, 0) is 72.2 Å². The fourth-order valence-electron chi connectivity index (χ4n) is 4.68. The first-order valence-corrected chi connectivity index (χ1v) is 11.3. The molecule has 0 unspecified atom stereocenters. The summed E-state index contributed by atoms with van der Waals surface area (Å²) in [4.78, 5) is 20.3. The largest absolute Gasteiger partial charge is 0.410 e. The van der Waals surface area contributed by atoms with Gasteiger partial charge in [0.15, 0.2) is 5.78 Å². The van der Waals surface area contributed by atoms with Crippen molar-refractivity contribution in [2.24, 2.45) is 5.16 Å². The minimum Gasteiger partial charge on any atom is -0.410 e. The van der Waals surface area contributed by atoms with Crippen molar-refractivity contribution in [3.63, 3.8) is 0 Å². The van der Waals surface area contributed by atoms with E-state index in [0.29, 0.717) is 59.2 Å². The second kappa shape index (κ2) is 9.54. The summed E-state index contributed by atoms with van der Waals surface area (Å²) in [5.41, 5.74) is 5.96. The van der Waals surface area contributed by atoms with E-state index in [1.807, 2.05) is 12.1 Å². The lowest BCUT2D eigenvalue weighted by Crippen LogP contribution is -2.07. The number of ketones is 1. The minimum absolute atomic E-state index is 0.125. The quantitative estimate of drug-likeness (QED) is 0.287. The number of fused-ring (bicyclic) bond motifs is 4. The van der Waals surface area contributed by atoms with Crippen molar-refractivity contribution in [2.75, 3.05) is 0 Å². The van der Waals surface area contributed by atoms with Gasteiger partial charge < -0.3 is 5.21 Å². The highest BCUT2D eigenvalue weighted by Gasteiger charge is 2.23. The van der Waals surface area contributed by atoms with Gasteiger partial charge in [-0.3, -0.25) is 14.8 Å². The SMILES string of the molecule is O=C1c2cnccc2CCc2c(F)cccc21.ON=C1c2cnccc2CCc2c(F)cccc21. The van der Waals surface area contributed by atoms with Gasteiger partial charge in [0.2, 0.25) is 0 Å². The van der Waals surface area contributed by atoms with Crippen molar-refractivity contribution in [1.82, 2.24) is 9.97 Å². The molecule has 6 rings (SSSR count). The summed E-state index contributed by atoms with van der Waals surface area (Å²) in [5.74, 6) is -0.675. The lowest BCUT2D eigenvalue weighted by atomic mass is 9.99. The van der Waals surface area contributed by atoms with E-state index in [1.54, 1.807) is 49.1 Å². The van der Waals surface area contributed by atoms with Crippen LogP contribution in [0.1, 0.15) is 49.3 Å². The molecule has 0 bridgehead atoms. The molecule has 0 radical (unpaired) electrons. The molecule has 0 amide bonds. The Morgan fingerprint density at radius 2 is 1.23 bits per heavy atom. The summed E-state index contributed by atoms with van der Waals surface area (Å²) < 4.78 is 27.5. The summed E-state index contributed by atoms with van der Waals surface area (Å²) in [5, 5.41) is 12.6. The molecule has 5 nitrogen and oxygen atoms in total. The number of pyridine rings is 2. The van der Waals surface area contributed by atoms with Gasteiger partial charge in [-0.25, -0.2) is 8.78 Å². The van der Waals surface area contributed by atoms with Crippen molar-refractivity contribution in [3.8, 4) is 0 Å². The summed E-state index contributed by atoms with van der Waals surface area (Å²) in [6, 6.07) is 13.2. The molecule has 2 aliphatic rings. The number of oxime groups is 1. The topological polar surface area (TPSA) is 75.4 Å². The molecule has 174 valence electrons. The molecule has 0 spiro atoms. The lowest BCUT2D eigenvalue weighted by Gasteiger charge is -2.08. The van der Waals surface area contributed by atoms with Crippen LogP contribution in [0.15, 0.2) is 78.5 Å². The molecule has 7 heteroatoms. The Balaban J connectivity index is 0.000000145. The highest BCUT2D eigenvalue weighted by atomic mass is 19.1. The molecular weight excluding hydrogens is 448 g/mol. The van der Waals surface area contributed by atoms with Gasteiger partial charge in [-0.2, -0.15) is 0 Å². The monoisotopic (exact) mass is 469 g/mol. The second-order valence-electron chi connectivity index (χ2n) is 8.38. The maximum Gasteiger partial charge on any atom is 0.195 e. The van der Waals surface area contributed by atoms with Crippen LogP contribution in [0.25, 0.3) is 0 Å². The van der Waals surface area contributed by atoms with Crippen LogP contribution in [-0.4, -0.2) is 26.7 Å². The number of hydrogen-bond acceptors (Lipinski definition) is 5. The van der Waals surface area contributed by atoms with Gasteiger partial charge in [0, 0.05) is 47.0 Å². The molecule has 0 fully saturated rings. The van der Waals surface area contributed by atoms with Gasteiger partial charge in [0.25, 0.3) is 0 Å². The van der Waals surface area contributed by atoms with Crippen molar-refractivity contribution in [3.05, 3.63) is 129 Å². The molecule has 0 saturated carbocycles. The summed E-state index contributed by atoms with van der Waals surface area (Å²) >= 11 is 0. The Kier molecular flexibility index (Phi) is 6.14. The number of carbonyl (C=O) groups excluding carboxylic acids is 1. The highest BCUT2D eigenvalue weighted by molar-refractivity contribution is 6.14. The van der Waals surface area contributed by atoms with E-state index >= 15 is 0 Å². The third-order valence-corrected chi connectivity index (χ3v) is 6.45. The number of benzene rings is 2. The Labute approximate surface area is 200 Å². The van der Waals surface area contributed by atoms with Crippen molar-refractivity contribution < 1.29 is 18.8 Å². The van der Waals surface area contributed by atoms with Crippen molar-refractivity contribution >= 4 is 11.5 Å². The molecule has 0 saturated heterocycles. The van der Waals surface area contributed by atoms with Crippen molar-refractivity contribution in [1.29, 1.82) is 0 Å². The predicted octanol–water partition coefficient (Wildman–Crippen LogP) is 5.10. The van der Waals surface area contributed by atoms with Crippen molar-refractivity contribution in [2.45, 2.75) is 25.7 Å². The van der Waals surface area contributed by atoms with Gasteiger partial charge in [-0.1, -0.05) is 29.4 Å². The van der Waals surface area contributed by atoms with E-state index in [1.165, 1.54) is 12.1 Å². The Bertz CT molecular complexity index is 1470. The van der Waals surface area contributed by atoms with Crippen LogP contribution in [0.3, 0.4) is 0 Å². The zero-order valence-electron chi connectivity index (χ0n) is 18.7. The Morgan fingerprint density at radius 3 is 1.86 bits per heavy atom. The molecule has 0 atom stereocenters. The average Bonchev–Trinajstić information content (AvgIpc) is 3.14. The first-order valence-electron chi connectivity index (χ1n) is 11.3. The maximum atomic E-state index is 13.8. The Hall–Kier alpha value is -4.26. The fraction of sp³-hybridized carbons (Fsp3) is 0.143. The summed E-state index contributed by atoms with van der Waals surface area (Å²) in [6.07, 6.45) is 9.13. The second-order valence-corrected chi connectivity index (χ2v) is 8.38. The number of rotatable bonds is 0.